The summed E-state index contributed by atoms with van der Waals surface area (Å²) in [7, 11) is 0. The summed E-state index contributed by atoms with van der Waals surface area (Å²) in [6, 6.07) is 4.75. The smallest absolute Gasteiger partial charge is 0.303 e. The van der Waals surface area contributed by atoms with Crippen LogP contribution in [0.15, 0.2) is 24.4 Å². The van der Waals surface area contributed by atoms with Gasteiger partial charge in [-0.1, -0.05) is 5.21 Å². The highest BCUT2D eigenvalue weighted by Crippen LogP contribution is 2.13. The zero-order chi connectivity index (χ0) is 14.5. The highest BCUT2D eigenvalue weighted by Gasteiger charge is 2.05. The lowest BCUT2D eigenvalue weighted by Crippen LogP contribution is -1.96. The maximum Gasteiger partial charge on any atom is 0.303 e. The van der Waals surface area contributed by atoms with Crippen molar-refractivity contribution in [3.63, 3.8) is 0 Å². The number of rotatable bonds is 6. The molecule has 0 bridgehead atoms. The fraction of sp³-hybridized carbons (Fsp3) is 0.357. The first-order valence-corrected chi connectivity index (χ1v) is 6.46. The van der Waals surface area contributed by atoms with Gasteiger partial charge in [0.25, 0.3) is 0 Å². The van der Waals surface area contributed by atoms with E-state index in [0.717, 1.165) is 17.8 Å². The first kappa shape index (κ1) is 14.2. The number of halogens is 1. The molecule has 0 spiro atoms. The lowest BCUT2D eigenvalue weighted by Gasteiger charge is -2.02. The topological polar surface area (TPSA) is 68.0 Å². The molecule has 2 rings (SSSR count). The van der Waals surface area contributed by atoms with Crippen LogP contribution in [0, 0.1) is 12.7 Å². The van der Waals surface area contributed by atoms with Gasteiger partial charge >= 0.3 is 5.97 Å². The molecule has 1 aromatic carbocycles. The van der Waals surface area contributed by atoms with Crippen molar-refractivity contribution in [1.29, 1.82) is 0 Å². The fourth-order valence-corrected chi connectivity index (χ4v) is 1.89. The van der Waals surface area contributed by atoms with Gasteiger partial charge < -0.3 is 5.11 Å². The quantitative estimate of drug-likeness (QED) is 0.824. The fourth-order valence-electron chi connectivity index (χ4n) is 1.89. The van der Waals surface area contributed by atoms with Gasteiger partial charge in [0.05, 0.1) is 17.6 Å². The van der Waals surface area contributed by atoms with Crippen LogP contribution >= 0.6 is 0 Å². The summed E-state index contributed by atoms with van der Waals surface area (Å²) >= 11 is 0. The number of carbonyl (C=O) groups is 1. The van der Waals surface area contributed by atoms with Crippen LogP contribution in [0.25, 0.3) is 5.69 Å². The van der Waals surface area contributed by atoms with Crippen molar-refractivity contribution in [2.75, 3.05) is 0 Å². The first-order valence-electron chi connectivity index (χ1n) is 6.46. The number of carboxylic acids is 1. The molecule has 0 fully saturated rings. The van der Waals surface area contributed by atoms with Gasteiger partial charge in [0.2, 0.25) is 0 Å². The molecule has 0 aliphatic rings. The van der Waals surface area contributed by atoms with Gasteiger partial charge in [-0.05, 0) is 49.9 Å². The van der Waals surface area contributed by atoms with E-state index in [1.54, 1.807) is 29.9 Å². The van der Waals surface area contributed by atoms with Crippen molar-refractivity contribution in [3.8, 4) is 5.69 Å². The summed E-state index contributed by atoms with van der Waals surface area (Å²) in [6.07, 6.45) is 4.03. The lowest BCUT2D eigenvalue weighted by atomic mass is 10.1. The molecule has 5 nitrogen and oxygen atoms in total. The number of unbranched alkanes of at least 4 members (excludes halogenated alkanes) is 1. The summed E-state index contributed by atoms with van der Waals surface area (Å²) < 4.78 is 14.8. The Bertz CT molecular complexity index is 610. The van der Waals surface area contributed by atoms with Crippen molar-refractivity contribution < 1.29 is 14.3 Å². The largest absolute Gasteiger partial charge is 0.481 e. The minimum absolute atomic E-state index is 0.172. The third-order valence-electron chi connectivity index (χ3n) is 3.02. The van der Waals surface area contributed by atoms with E-state index in [1.807, 2.05) is 0 Å². The SMILES string of the molecule is Cc1cc(-n2cc(CCCCC(=O)O)nn2)ccc1F. The maximum absolute atomic E-state index is 13.2. The molecule has 0 radical (unpaired) electrons. The van der Waals surface area contributed by atoms with Crippen LogP contribution < -0.4 is 0 Å². The zero-order valence-corrected chi connectivity index (χ0v) is 11.2. The number of hydrogen-bond acceptors (Lipinski definition) is 3. The first-order chi connectivity index (χ1) is 9.56. The summed E-state index contributed by atoms with van der Waals surface area (Å²) in [5, 5.41) is 16.6. The summed E-state index contributed by atoms with van der Waals surface area (Å²) in [5.74, 6) is -1.03. The molecule has 2 aromatic rings. The summed E-state index contributed by atoms with van der Waals surface area (Å²) in [5.41, 5.74) is 2.12. The second-order valence-electron chi connectivity index (χ2n) is 4.69. The third kappa shape index (κ3) is 3.63. The molecule has 6 heteroatoms. The molecule has 106 valence electrons. The summed E-state index contributed by atoms with van der Waals surface area (Å²) in [4.78, 5) is 10.4. The molecule has 0 atom stereocenters. The molecule has 0 amide bonds. The van der Waals surface area contributed by atoms with Crippen molar-refractivity contribution >= 4 is 5.97 Å². The Kier molecular flexibility index (Phi) is 4.45. The van der Waals surface area contributed by atoms with Gasteiger partial charge in [-0.15, -0.1) is 5.10 Å². The molecule has 0 aliphatic heterocycles. The minimum atomic E-state index is -0.782. The van der Waals surface area contributed by atoms with E-state index in [4.69, 9.17) is 5.11 Å². The molecule has 0 saturated heterocycles. The van der Waals surface area contributed by atoms with E-state index in [1.165, 1.54) is 6.07 Å². The van der Waals surface area contributed by atoms with Crippen LogP contribution in [0.4, 0.5) is 4.39 Å². The van der Waals surface area contributed by atoms with Gasteiger partial charge in [-0.3, -0.25) is 4.79 Å². The highest BCUT2D eigenvalue weighted by molar-refractivity contribution is 5.66. The molecule has 1 aromatic heterocycles. The minimum Gasteiger partial charge on any atom is -0.481 e. The van der Waals surface area contributed by atoms with Crippen LogP contribution in [-0.2, 0) is 11.2 Å². The number of hydrogen-bond donors (Lipinski definition) is 1. The molecule has 0 aliphatic carbocycles. The van der Waals surface area contributed by atoms with E-state index >= 15 is 0 Å². The zero-order valence-electron chi connectivity index (χ0n) is 11.2. The molecule has 20 heavy (non-hydrogen) atoms. The lowest BCUT2D eigenvalue weighted by molar-refractivity contribution is -0.137. The Labute approximate surface area is 116 Å². The number of carboxylic acid groups (broad SMARTS) is 1. The number of aliphatic carboxylic acids is 1. The molecule has 0 saturated carbocycles. The number of aryl methyl sites for hydroxylation is 2. The standard InChI is InChI=1S/C14H16FN3O2/c1-10-8-12(6-7-13(10)15)18-9-11(16-17-18)4-2-3-5-14(19)20/h6-9H,2-5H2,1H3,(H,19,20). The second-order valence-corrected chi connectivity index (χ2v) is 4.69. The Morgan fingerprint density at radius 3 is 2.90 bits per heavy atom. The van der Waals surface area contributed by atoms with Gasteiger partial charge in [0.1, 0.15) is 5.82 Å². The van der Waals surface area contributed by atoms with Gasteiger partial charge in [-0.25, -0.2) is 9.07 Å². The van der Waals surface area contributed by atoms with Gasteiger partial charge in [-0.2, -0.15) is 0 Å². The monoisotopic (exact) mass is 277 g/mol. The van der Waals surface area contributed by atoms with Crippen LogP contribution in [0.3, 0.4) is 0 Å². The van der Waals surface area contributed by atoms with Crippen molar-refractivity contribution in [2.24, 2.45) is 0 Å². The normalized spacial score (nSPS) is 10.7. The number of aromatic nitrogens is 3. The van der Waals surface area contributed by atoms with Crippen molar-refractivity contribution in [1.82, 2.24) is 15.0 Å². The third-order valence-corrected chi connectivity index (χ3v) is 3.02. The predicted molar refractivity (Wildman–Crippen MR) is 71.2 cm³/mol. The molecule has 1 N–H and O–H groups in total. The number of benzene rings is 1. The van der Waals surface area contributed by atoms with E-state index < -0.39 is 5.97 Å². The van der Waals surface area contributed by atoms with Crippen molar-refractivity contribution in [3.05, 3.63) is 41.5 Å². The Morgan fingerprint density at radius 1 is 1.40 bits per heavy atom. The van der Waals surface area contributed by atoms with Crippen molar-refractivity contribution in [2.45, 2.75) is 32.6 Å². The Balaban J connectivity index is 1.97. The van der Waals surface area contributed by atoms with Gasteiger partial charge in [0, 0.05) is 6.42 Å². The van der Waals surface area contributed by atoms with E-state index in [2.05, 4.69) is 10.3 Å². The van der Waals surface area contributed by atoms with Gasteiger partial charge in [0.15, 0.2) is 0 Å². The Hall–Kier alpha value is -2.24. The molecular weight excluding hydrogens is 261 g/mol. The maximum atomic E-state index is 13.2. The summed E-state index contributed by atoms with van der Waals surface area (Å²) in [6.45, 7) is 1.70. The molecule has 1 heterocycles. The average Bonchev–Trinajstić information content (AvgIpc) is 2.86. The van der Waals surface area contributed by atoms with E-state index in [9.17, 15) is 9.18 Å². The number of nitrogens with zero attached hydrogens (tertiary/aromatic N) is 3. The van der Waals surface area contributed by atoms with Crippen LogP contribution in [0.1, 0.15) is 30.5 Å². The van der Waals surface area contributed by atoms with Crippen LogP contribution in [0.2, 0.25) is 0 Å². The second kappa shape index (κ2) is 6.27. The van der Waals surface area contributed by atoms with E-state index in [-0.39, 0.29) is 12.2 Å². The highest BCUT2D eigenvalue weighted by atomic mass is 19.1. The van der Waals surface area contributed by atoms with Crippen LogP contribution in [-0.4, -0.2) is 26.1 Å². The average molecular weight is 277 g/mol. The van der Waals surface area contributed by atoms with Crippen LogP contribution in [0.5, 0.6) is 0 Å². The predicted octanol–water partition coefficient (Wildman–Crippen LogP) is 2.51. The Morgan fingerprint density at radius 2 is 2.20 bits per heavy atom. The molecule has 0 unspecified atom stereocenters. The molecular formula is C14H16FN3O2. The van der Waals surface area contributed by atoms with E-state index in [0.29, 0.717) is 18.4 Å².